The maximum absolute atomic E-state index is 11.5. The van der Waals surface area contributed by atoms with Gasteiger partial charge >= 0.3 is 0 Å². The highest BCUT2D eigenvalue weighted by Gasteiger charge is 2.70. The normalized spacial score (nSPS) is 43.7. The molecule has 2 aliphatic rings. The minimum Gasteiger partial charge on any atom is -0.292 e. The second-order valence-corrected chi connectivity index (χ2v) is 5.54. The number of nitrogens with zero attached hydrogens (tertiary/aromatic N) is 3. The van der Waals surface area contributed by atoms with Gasteiger partial charge in [0.25, 0.3) is 5.54 Å². The lowest BCUT2D eigenvalue weighted by Crippen LogP contribution is -2.72. The molecule has 4 atom stereocenters. The molecule has 2 bridgehead atoms. The van der Waals surface area contributed by atoms with Crippen LogP contribution in [0.5, 0.6) is 0 Å². The zero-order valence-corrected chi connectivity index (χ0v) is 10.7. The molecule has 1 heterocycles. The maximum atomic E-state index is 11.5. The van der Waals surface area contributed by atoms with E-state index in [4.69, 9.17) is 0 Å². The quantitative estimate of drug-likeness (QED) is 0.413. The van der Waals surface area contributed by atoms with Crippen molar-refractivity contribution >= 4 is 0 Å². The Bertz CT molecular complexity index is 438. The number of hydrogen-bond acceptors (Lipinski definition) is 5. The summed E-state index contributed by atoms with van der Waals surface area (Å²) in [7, 11) is 1.70. The average Bonchev–Trinajstić information content (AvgIpc) is 2.26. The molecule has 2 rings (SSSR count). The van der Waals surface area contributed by atoms with E-state index in [0.717, 1.165) is 0 Å². The Morgan fingerprint density at radius 2 is 1.83 bits per heavy atom. The lowest BCUT2D eigenvalue weighted by Gasteiger charge is -2.49. The van der Waals surface area contributed by atoms with E-state index in [1.165, 1.54) is 0 Å². The largest absolute Gasteiger partial charge is 0.292 e. The third-order valence-corrected chi connectivity index (χ3v) is 4.69. The van der Waals surface area contributed by atoms with Gasteiger partial charge in [0.1, 0.15) is 5.92 Å². The highest BCUT2D eigenvalue weighted by atomic mass is 16.6. The summed E-state index contributed by atoms with van der Waals surface area (Å²) in [4.78, 5) is 24.0. The van der Waals surface area contributed by atoms with Crippen molar-refractivity contribution in [1.29, 1.82) is 0 Å². The average molecular weight is 255 g/mol. The Labute approximate surface area is 105 Å². The summed E-state index contributed by atoms with van der Waals surface area (Å²) >= 11 is 0. The van der Waals surface area contributed by atoms with Crippen molar-refractivity contribution in [3.8, 4) is 0 Å². The number of likely N-dealkylation sites (tertiary alicyclic amines) is 1. The fourth-order valence-corrected chi connectivity index (χ4v) is 3.50. The van der Waals surface area contributed by atoms with Crippen LogP contribution in [0.1, 0.15) is 13.8 Å². The van der Waals surface area contributed by atoms with Gasteiger partial charge in [-0.15, -0.1) is 0 Å². The van der Waals surface area contributed by atoms with Gasteiger partial charge in [0.2, 0.25) is 5.54 Å². The molecule has 7 heteroatoms. The fourth-order valence-electron chi connectivity index (χ4n) is 3.50. The Morgan fingerprint density at radius 1 is 1.22 bits per heavy atom. The molecule has 1 aliphatic carbocycles. The molecule has 0 aromatic carbocycles. The predicted molar refractivity (Wildman–Crippen MR) is 64.4 cm³/mol. The second kappa shape index (κ2) is 3.74. The smallest absolute Gasteiger partial charge is 0.262 e. The molecule has 1 saturated heterocycles. The molecular weight excluding hydrogens is 238 g/mol. The maximum Gasteiger partial charge on any atom is 0.262 e. The molecule has 7 nitrogen and oxygen atoms in total. The minimum absolute atomic E-state index is 0.222. The number of rotatable bonds is 2. The Hall–Kier alpha value is -1.50. The molecule has 0 unspecified atom stereocenters. The van der Waals surface area contributed by atoms with Gasteiger partial charge in [0, 0.05) is 15.8 Å². The third-order valence-electron chi connectivity index (χ3n) is 4.69. The fraction of sp³-hybridized carbons (Fsp3) is 0.818. The predicted octanol–water partition coefficient (Wildman–Crippen LogP) is 0.805. The first-order valence-electron chi connectivity index (χ1n) is 5.94. The zero-order valence-electron chi connectivity index (χ0n) is 10.7. The van der Waals surface area contributed by atoms with E-state index in [-0.39, 0.29) is 28.9 Å². The third kappa shape index (κ3) is 1.33. The van der Waals surface area contributed by atoms with Gasteiger partial charge in [-0.25, -0.2) is 0 Å². The highest BCUT2D eigenvalue weighted by Crippen LogP contribution is 2.47. The summed E-state index contributed by atoms with van der Waals surface area (Å²) in [5.74, 6) is -0.926. The number of hydrogen-bond donors (Lipinski definition) is 0. The van der Waals surface area contributed by atoms with Gasteiger partial charge in [0.15, 0.2) is 0 Å². The summed E-state index contributed by atoms with van der Waals surface area (Å²) in [5.41, 5.74) is -2.61. The molecule has 0 spiro atoms. The van der Waals surface area contributed by atoms with Crippen LogP contribution in [0.2, 0.25) is 0 Å². The summed E-state index contributed by atoms with van der Waals surface area (Å²) in [6.07, 6.45) is 3.19. The van der Waals surface area contributed by atoms with Crippen LogP contribution in [-0.4, -0.2) is 46.0 Å². The van der Waals surface area contributed by atoms with Crippen LogP contribution in [0.3, 0.4) is 0 Å². The number of piperidine rings is 1. The lowest BCUT2D eigenvalue weighted by molar-refractivity contribution is -0.640. The van der Waals surface area contributed by atoms with Crippen molar-refractivity contribution in [1.82, 2.24) is 4.90 Å². The molecule has 0 radical (unpaired) electrons. The molecule has 0 aromatic heterocycles. The van der Waals surface area contributed by atoms with Gasteiger partial charge in [-0.1, -0.05) is 13.0 Å². The van der Waals surface area contributed by atoms with Crippen LogP contribution in [-0.2, 0) is 0 Å². The first kappa shape index (κ1) is 12.9. The van der Waals surface area contributed by atoms with Crippen molar-refractivity contribution < 1.29 is 9.85 Å². The van der Waals surface area contributed by atoms with E-state index in [2.05, 4.69) is 0 Å². The number of nitro groups is 2. The van der Waals surface area contributed by atoms with Crippen LogP contribution < -0.4 is 0 Å². The van der Waals surface area contributed by atoms with Crippen molar-refractivity contribution in [3.05, 3.63) is 32.4 Å². The zero-order chi connectivity index (χ0) is 13.7. The highest BCUT2D eigenvalue weighted by molar-refractivity contribution is 5.22. The summed E-state index contributed by atoms with van der Waals surface area (Å²) in [5, 5.41) is 23.0. The van der Waals surface area contributed by atoms with Crippen LogP contribution in [0, 0.1) is 32.1 Å². The van der Waals surface area contributed by atoms with Crippen molar-refractivity contribution in [3.63, 3.8) is 0 Å². The van der Waals surface area contributed by atoms with Gasteiger partial charge in [-0.3, -0.25) is 25.1 Å². The summed E-state index contributed by atoms with van der Waals surface area (Å²) < 4.78 is 0. The second-order valence-electron chi connectivity index (χ2n) is 5.54. The molecule has 1 fully saturated rings. The van der Waals surface area contributed by atoms with Crippen molar-refractivity contribution in [2.45, 2.75) is 24.9 Å². The first-order chi connectivity index (χ1) is 8.27. The van der Waals surface area contributed by atoms with Crippen LogP contribution in [0.25, 0.3) is 0 Å². The summed E-state index contributed by atoms with van der Waals surface area (Å²) in [6, 6.07) is 0. The topological polar surface area (TPSA) is 89.5 Å². The van der Waals surface area contributed by atoms with Crippen molar-refractivity contribution in [2.24, 2.45) is 11.8 Å². The Morgan fingerprint density at radius 3 is 2.33 bits per heavy atom. The van der Waals surface area contributed by atoms with Crippen LogP contribution in [0.4, 0.5) is 0 Å². The molecule has 100 valence electrons. The molecular formula is C11H17N3O4. The Kier molecular flexibility index (Phi) is 2.69. The van der Waals surface area contributed by atoms with Gasteiger partial charge < -0.3 is 0 Å². The molecule has 0 aromatic rings. The molecule has 1 aliphatic heterocycles. The van der Waals surface area contributed by atoms with Crippen molar-refractivity contribution in [2.75, 3.05) is 20.1 Å². The standard InChI is InChI=1S/C11H17N3O4/c1-8-4-5-10(13(15)16)6-12(3)7-11(8,9(10)2)14(17)18/h4-5,8-9H,6-7H2,1-3H3/t8-,9+,10-,11+/m1/s1. The Balaban J connectivity index is 2.63. The van der Waals surface area contributed by atoms with E-state index in [1.54, 1.807) is 37.9 Å². The number of likely N-dealkylation sites (N-methyl/N-ethyl adjacent to an activating group) is 1. The van der Waals surface area contributed by atoms with E-state index < -0.39 is 17.0 Å². The van der Waals surface area contributed by atoms with E-state index in [9.17, 15) is 20.2 Å². The summed E-state index contributed by atoms with van der Waals surface area (Å²) in [6.45, 7) is 3.87. The molecule has 0 saturated carbocycles. The minimum atomic E-state index is -1.34. The SMILES string of the molecule is C[C@@H]1C=C[C@@]2([N+](=O)[O-])CN(C)C[C@@]1([N+](=O)[O-])[C@H]2C. The van der Waals surface area contributed by atoms with E-state index in [0.29, 0.717) is 0 Å². The van der Waals surface area contributed by atoms with E-state index in [1.807, 2.05) is 0 Å². The monoisotopic (exact) mass is 255 g/mol. The van der Waals surface area contributed by atoms with E-state index >= 15 is 0 Å². The molecule has 0 N–H and O–H groups in total. The van der Waals surface area contributed by atoms with Crippen LogP contribution >= 0.6 is 0 Å². The first-order valence-corrected chi connectivity index (χ1v) is 5.94. The van der Waals surface area contributed by atoms with Gasteiger partial charge in [-0.05, 0) is 20.0 Å². The van der Waals surface area contributed by atoms with Crippen LogP contribution in [0.15, 0.2) is 12.2 Å². The molecule has 18 heavy (non-hydrogen) atoms. The lowest BCUT2D eigenvalue weighted by atomic mass is 9.60. The molecule has 0 amide bonds. The van der Waals surface area contributed by atoms with Gasteiger partial charge in [-0.2, -0.15) is 0 Å². The number of fused-ring (bicyclic) bond motifs is 2. The van der Waals surface area contributed by atoms with Gasteiger partial charge in [0.05, 0.1) is 13.1 Å².